The first kappa shape index (κ1) is 14.1. The number of nitrogens with zero attached hydrogens (tertiary/aromatic N) is 3. The first-order valence-corrected chi connectivity index (χ1v) is 7.24. The molecule has 19 heavy (non-hydrogen) atoms. The quantitative estimate of drug-likeness (QED) is 0.645. The summed E-state index contributed by atoms with van der Waals surface area (Å²) >= 11 is 0. The summed E-state index contributed by atoms with van der Waals surface area (Å²) in [7, 11) is 0. The van der Waals surface area contributed by atoms with Gasteiger partial charge in [-0.05, 0) is 18.8 Å². The van der Waals surface area contributed by atoms with Crippen LogP contribution in [0, 0.1) is 5.92 Å². The van der Waals surface area contributed by atoms with Crippen molar-refractivity contribution in [2.75, 3.05) is 23.4 Å². The number of piperidine rings is 1. The Morgan fingerprint density at radius 2 is 2.26 bits per heavy atom. The Kier molecular flexibility index (Phi) is 4.58. The van der Waals surface area contributed by atoms with Crippen molar-refractivity contribution in [3.8, 4) is 0 Å². The van der Waals surface area contributed by atoms with E-state index in [4.69, 9.17) is 10.8 Å². The average Bonchev–Trinajstić information content (AvgIpc) is 2.46. The normalized spacial score (nSPS) is 19.8. The van der Waals surface area contributed by atoms with E-state index in [1.165, 1.54) is 19.3 Å². The van der Waals surface area contributed by atoms with Crippen LogP contribution in [0.4, 0.5) is 11.6 Å². The molecule has 1 atom stereocenters. The SMILES string of the molecule is CCC1CCCN(c2cc(NN)nc(C(C)C)n2)C1. The number of anilines is 2. The lowest BCUT2D eigenvalue weighted by molar-refractivity contribution is 0.402. The molecule has 0 spiro atoms. The molecule has 5 nitrogen and oxygen atoms in total. The van der Waals surface area contributed by atoms with Crippen LogP contribution in [0.5, 0.6) is 0 Å². The molecule has 3 N–H and O–H groups in total. The molecule has 1 aliphatic rings. The summed E-state index contributed by atoms with van der Waals surface area (Å²) in [6, 6.07) is 1.95. The highest BCUT2D eigenvalue weighted by atomic mass is 15.3. The van der Waals surface area contributed by atoms with E-state index in [1.54, 1.807) is 0 Å². The molecule has 106 valence electrons. The number of hydrogen-bond donors (Lipinski definition) is 2. The fourth-order valence-corrected chi connectivity index (χ4v) is 2.55. The monoisotopic (exact) mass is 263 g/mol. The van der Waals surface area contributed by atoms with Gasteiger partial charge in [-0.1, -0.05) is 27.2 Å². The zero-order valence-corrected chi connectivity index (χ0v) is 12.2. The first-order chi connectivity index (χ1) is 9.13. The molecule has 2 heterocycles. The summed E-state index contributed by atoms with van der Waals surface area (Å²) in [6.07, 6.45) is 3.81. The van der Waals surface area contributed by atoms with Gasteiger partial charge in [0.1, 0.15) is 17.5 Å². The topological polar surface area (TPSA) is 67.1 Å². The third-order valence-corrected chi connectivity index (χ3v) is 3.81. The van der Waals surface area contributed by atoms with Crippen LogP contribution >= 0.6 is 0 Å². The number of nitrogen functional groups attached to an aromatic ring is 1. The van der Waals surface area contributed by atoms with E-state index < -0.39 is 0 Å². The van der Waals surface area contributed by atoms with Gasteiger partial charge in [-0.15, -0.1) is 0 Å². The van der Waals surface area contributed by atoms with Crippen LogP contribution in [0.3, 0.4) is 0 Å². The minimum absolute atomic E-state index is 0.304. The Labute approximate surface area is 115 Å². The van der Waals surface area contributed by atoms with E-state index in [-0.39, 0.29) is 0 Å². The smallest absolute Gasteiger partial charge is 0.145 e. The maximum absolute atomic E-state index is 5.51. The van der Waals surface area contributed by atoms with Crippen molar-refractivity contribution in [2.45, 2.75) is 46.0 Å². The Morgan fingerprint density at radius 1 is 1.47 bits per heavy atom. The summed E-state index contributed by atoms with van der Waals surface area (Å²) in [5, 5.41) is 0. The maximum atomic E-state index is 5.51. The molecule has 1 aliphatic heterocycles. The second kappa shape index (κ2) is 6.19. The molecule has 0 aliphatic carbocycles. The van der Waals surface area contributed by atoms with E-state index in [1.807, 2.05) is 6.07 Å². The molecule has 0 radical (unpaired) electrons. The van der Waals surface area contributed by atoms with E-state index in [0.29, 0.717) is 11.7 Å². The minimum Gasteiger partial charge on any atom is -0.356 e. The van der Waals surface area contributed by atoms with Crippen molar-refractivity contribution in [3.63, 3.8) is 0 Å². The van der Waals surface area contributed by atoms with Crippen LogP contribution in [-0.2, 0) is 0 Å². The minimum atomic E-state index is 0.304. The molecule has 2 rings (SSSR count). The zero-order valence-electron chi connectivity index (χ0n) is 12.2. The van der Waals surface area contributed by atoms with Gasteiger partial charge in [0.25, 0.3) is 0 Å². The molecule has 0 saturated carbocycles. The lowest BCUT2D eigenvalue weighted by atomic mass is 9.96. The molecule has 0 amide bonds. The van der Waals surface area contributed by atoms with Gasteiger partial charge in [-0.25, -0.2) is 15.8 Å². The Bertz CT molecular complexity index is 418. The van der Waals surface area contributed by atoms with Crippen molar-refractivity contribution in [2.24, 2.45) is 11.8 Å². The average molecular weight is 263 g/mol. The molecule has 1 unspecified atom stereocenters. The standard InChI is InChI=1S/C14H25N5/c1-4-11-6-5-7-19(9-11)13-8-12(18-15)16-14(17-13)10(2)3/h8,10-11H,4-7,9,15H2,1-3H3,(H,16,17,18). The van der Waals surface area contributed by atoms with Gasteiger partial charge in [0.05, 0.1) is 0 Å². The van der Waals surface area contributed by atoms with E-state index in [0.717, 1.165) is 30.6 Å². The van der Waals surface area contributed by atoms with Crippen LogP contribution in [0.1, 0.15) is 51.8 Å². The predicted octanol–water partition coefficient (Wildman–Crippen LogP) is 2.51. The molecule has 1 saturated heterocycles. The van der Waals surface area contributed by atoms with Crippen molar-refractivity contribution >= 4 is 11.6 Å². The second-order valence-corrected chi connectivity index (χ2v) is 5.63. The van der Waals surface area contributed by atoms with Crippen LogP contribution in [0.25, 0.3) is 0 Å². The number of hydrogen-bond acceptors (Lipinski definition) is 5. The predicted molar refractivity (Wildman–Crippen MR) is 79.2 cm³/mol. The molecule has 0 aromatic carbocycles. The van der Waals surface area contributed by atoms with Crippen LogP contribution in [0.15, 0.2) is 6.07 Å². The van der Waals surface area contributed by atoms with Gasteiger partial charge in [-0.3, -0.25) is 0 Å². The Morgan fingerprint density at radius 3 is 2.89 bits per heavy atom. The number of nitrogens with two attached hydrogens (primary N) is 1. The van der Waals surface area contributed by atoms with Gasteiger partial charge in [0.15, 0.2) is 0 Å². The van der Waals surface area contributed by atoms with Gasteiger partial charge >= 0.3 is 0 Å². The summed E-state index contributed by atoms with van der Waals surface area (Å²) in [6.45, 7) is 8.64. The third-order valence-electron chi connectivity index (χ3n) is 3.81. The second-order valence-electron chi connectivity index (χ2n) is 5.63. The lowest BCUT2D eigenvalue weighted by Crippen LogP contribution is -2.36. The molecule has 1 aromatic rings. The summed E-state index contributed by atoms with van der Waals surface area (Å²) < 4.78 is 0. The highest BCUT2D eigenvalue weighted by molar-refractivity contribution is 5.49. The van der Waals surface area contributed by atoms with Crippen molar-refractivity contribution in [3.05, 3.63) is 11.9 Å². The molecular formula is C14H25N5. The fraction of sp³-hybridized carbons (Fsp3) is 0.714. The van der Waals surface area contributed by atoms with Crippen LogP contribution in [0.2, 0.25) is 0 Å². The van der Waals surface area contributed by atoms with E-state index >= 15 is 0 Å². The van der Waals surface area contributed by atoms with Gasteiger partial charge in [0.2, 0.25) is 0 Å². The van der Waals surface area contributed by atoms with Crippen molar-refractivity contribution in [1.82, 2.24) is 9.97 Å². The Hall–Kier alpha value is -1.36. The summed E-state index contributed by atoms with van der Waals surface area (Å²) in [4.78, 5) is 11.5. The summed E-state index contributed by atoms with van der Waals surface area (Å²) in [5.74, 6) is 9.15. The van der Waals surface area contributed by atoms with Gasteiger partial charge in [0, 0.05) is 25.1 Å². The Balaban J connectivity index is 2.25. The maximum Gasteiger partial charge on any atom is 0.145 e. The lowest BCUT2D eigenvalue weighted by Gasteiger charge is -2.33. The first-order valence-electron chi connectivity index (χ1n) is 7.24. The van der Waals surface area contributed by atoms with E-state index in [2.05, 4.69) is 36.1 Å². The van der Waals surface area contributed by atoms with Gasteiger partial charge < -0.3 is 10.3 Å². The van der Waals surface area contributed by atoms with Crippen molar-refractivity contribution in [1.29, 1.82) is 0 Å². The molecular weight excluding hydrogens is 238 g/mol. The van der Waals surface area contributed by atoms with Crippen molar-refractivity contribution < 1.29 is 0 Å². The van der Waals surface area contributed by atoms with Crippen LogP contribution < -0.4 is 16.2 Å². The number of nitrogens with one attached hydrogen (secondary N) is 1. The number of rotatable bonds is 4. The fourth-order valence-electron chi connectivity index (χ4n) is 2.55. The molecule has 5 heteroatoms. The van der Waals surface area contributed by atoms with Crippen LogP contribution in [-0.4, -0.2) is 23.1 Å². The van der Waals surface area contributed by atoms with E-state index in [9.17, 15) is 0 Å². The van der Waals surface area contributed by atoms with Gasteiger partial charge in [-0.2, -0.15) is 0 Å². The largest absolute Gasteiger partial charge is 0.356 e. The summed E-state index contributed by atoms with van der Waals surface area (Å²) in [5.41, 5.74) is 2.65. The molecule has 1 fully saturated rings. The highest BCUT2D eigenvalue weighted by Crippen LogP contribution is 2.26. The number of aromatic nitrogens is 2. The molecule has 0 bridgehead atoms. The number of hydrazine groups is 1. The highest BCUT2D eigenvalue weighted by Gasteiger charge is 2.21. The zero-order chi connectivity index (χ0) is 13.8. The molecule has 1 aromatic heterocycles. The third kappa shape index (κ3) is 3.35.